The molecule has 27 heavy (non-hydrogen) atoms. The van der Waals surface area contributed by atoms with Crippen LogP contribution in [0, 0.1) is 12.9 Å². The predicted octanol–water partition coefficient (Wildman–Crippen LogP) is 4.22. The quantitative estimate of drug-likeness (QED) is 0.495. The van der Waals surface area contributed by atoms with Gasteiger partial charge in [-0.1, -0.05) is 11.2 Å². The summed E-state index contributed by atoms with van der Waals surface area (Å²) in [7, 11) is 0. The Hall–Kier alpha value is -3.61. The van der Waals surface area contributed by atoms with Gasteiger partial charge >= 0.3 is 0 Å². The summed E-state index contributed by atoms with van der Waals surface area (Å²) in [5.41, 5.74) is 3.06. The van der Waals surface area contributed by atoms with E-state index < -0.39 is 5.95 Å². The van der Waals surface area contributed by atoms with Crippen LogP contribution in [-0.4, -0.2) is 20.1 Å². The van der Waals surface area contributed by atoms with Crippen LogP contribution in [0.25, 0.3) is 22.8 Å². The van der Waals surface area contributed by atoms with Gasteiger partial charge in [-0.05, 0) is 48.9 Å². The SMILES string of the molecule is Cc1cc(F)ncc1-c1nc(-c2ccc(OCc3cccnc3)cc2)no1. The molecule has 0 fully saturated rings. The molecule has 4 rings (SSSR count). The Balaban J connectivity index is 1.48. The molecule has 3 aromatic heterocycles. The van der Waals surface area contributed by atoms with Gasteiger partial charge in [-0.2, -0.15) is 9.37 Å². The molecule has 7 heteroatoms. The first-order valence-electron chi connectivity index (χ1n) is 8.27. The smallest absolute Gasteiger partial charge is 0.260 e. The van der Waals surface area contributed by atoms with Crippen LogP contribution in [0.3, 0.4) is 0 Å². The van der Waals surface area contributed by atoms with E-state index in [1.165, 1.54) is 12.3 Å². The van der Waals surface area contributed by atoms with Crippen molar-refractivity contribution in [3.63, 3.8) is 0 Å². The number of benzene rings is 1. The molecule has 3 heterocycles. The largest absolute Gasteiger partial charge is 0.489 e. The Bertz CT molecular complexity index is 1050. The molecule has 0 radical (unpaired) electrons. The summed E-state index contributed by atoms with van der Waals surface area (Å²) in [6.45, 7) is 2.20. The van der Waals surface area contributed by atoms with Gasteiger partial charge in [-0.25, -0.2) is 4.98 Å². The van der Waals surface area contributed by atoms with Crippen LogP contribution in [0.4, 0.5) is 4.39 Å². The molecule has 134 valence electrons. The molecule has 0 saturated heterocycles. The van der Waals surface area contributed by atoms with Crippen molar-refractivity contribution in [2.75, 3.05) is 0 Å². The average Bonchev–Trinajstić information content (AvgIpc) is 3.17. The highest BCUT2D eigenvalue weighted by atomic mass is 19.1. The van der Waals surface area contributed by atoms with Crippen molar-refractivity contribution in [3.05, 3.63) is 78.1 Å². The second kappa shape index (κ2) is 7.33. The van der Waals surface area contributed by atoms with Crippen molar-refractivity contribution in [2.45, 2.75) is 13.5 Å². The van der Waals surface area contributed by atoms with E-state index in [4.69, 9.17) is 9.26 Å². The van der Waals surface area contributed by atoms with E-state index in [0.29, 0.717) is 29.4 Å². The molecule has 0 aliphatic rings. The van der Waals surface area contributed by atoms with Crippen molar-refractivity contribution in [3.8, 4) is 28.6 Å². The van der Waals surface area contributed by atoms with Crippen molar-refractivity contribution in [1.29, 1.82) is 0 Å². The molecule has 0 N–H and O–H groups in total. The molecule has 0 saturated carbocycles. The highest BCUT2D eigenvalue weighted by Gasteiger charge is 2.13. The number of aryl methyl sites for hydroxylation is 1. The second-order valence-corrected chi connectivity index (χ2v) is 5.92. The van der Waals surface area contributed by atoms with E-state index >= 15 is 0 Å². The van der Waals surface area contributed by atoms with Crippen molar-refractivity contribution >= 4 is 0 Å². The fraction of sp³-hybridized carbons (Fsp3) is 0.100. The molecule has 0 spiro atoms. The summed E-state index contributed by atoms with van der Waals surface area (Å²) in [4.78, 5) is 12.1. The minimum absolute atomic E-state index is 0.298. The van der Waals surface area contributed by atoms with Gasteiger partial charge in [0.2, 0.25) is 11.8 Å². The van der Waals surface area contributed by atoms with Crippen LogP contribution >= 0.6 is 0 Å². The maximum atomic E-state index is 13.1. The monoisotopic (exact) mass is 362 g/mol. The number of hydrogen-bond donors (Lipinski definition) is 0. The Labute approximate surface area is 154 Å². The number of aromatic nitrogens is 4. The molecule has 0 bridgehead atoms. The summed E-state index contributed by atoms with van der Waals surface area (Å²) in [6.07, 6.45) is 4.87. The molecular weight excluding hydrogens is 347 g/mol. The molecule has 0 unspecified atom stereocenters. The maximum absolute atomic E-state index is 13.1. The lowest BCUT2D eigenvalue weighted by Crippen LogP contribution is -1.95. The molecule has 0 aliphatic carbocycles. The van der Waals surface area contributed by atoms with E-state index in [9.17, 15) is 4.39 Å². The van der Waals surface area contributed by atoms with Crippen LogP contribution in [-0.2, 0) is 6.61 Å². The summed E-state index contributed by atoms with van der Waals surface area (Å²) in [5, 5.41) is 3.99. The van der Waals surface area contributed by atoms with E-state index in [1.807, 2.05) is 36.4 Å². The van der Waals surface area contributed by atoms with Gasteiger partial charge in [0.1, 0.15) is 12.4 Å². The van der Waals surface area contributed by atoms with Crippen molar-refractivity contribution < 1.29 is 13.7 Å². The van der Waals surface area contributed by atoms with Gasteiger partial charge in [-0.15, -0.1) is 0 Å². The van der Waals surface area contributed by atoms with Crippen LogP contribution in [0.5, 0.6) is 5.75 Å². The molecule has 0 amide bonds. The van der Waals surface area contributed by atoms with Crippen LogP contribution < -0.4 is 4.74 Å². The third kappa shape index (κ3) is 3.82. The first-order chi connectivity index (χ1) is 13.2. The van der Waals surface area contributed by atoms with Gasteiger partial charge in [0.25, 0.3) is 5.89 Å². The lowest BCUT2D eigenvalue weighted by molar-refractivity contribution is 0.306. The highest BCUT2D eigenvalue weighted by molar-refractivity contribution is 5.61. The number of hydrogen-bond acceptors (Lipinski definition) is 6. The minimum Gasteiger partial charge on any atom is -0.489 e. The van der Waals surface area contributed by atoms with Gasteiger partial charge in [-0.3, -0.25) is 4.98 Å². The summed E-state index contributed by atoms with van der Waals surface area (Å²) in [5.74, 6) is 0.919. The number of ether oxygens (including phenoxy) is 1. The molecule has 1 aromatic carbocycles. The zero-order valence-corrected chi connectivity index (χ0v) is 14.5. The van der Waals surface area contributed by atoms with Gasteiger partial charge in [0, 0.05) is 29.7 Å². The zero-order chi connectivity index (χ0) is 18.6. The lowest BCUT2D eigenvalue weighted by atomic mass is 10.1. The first kappa shape index (κ1) is 16.8. The second-order valence-electron chi connectivity index (χ2n) is 5.92. The summed E-state index contributed by atoms with van der Waals surface area (Å²) in [6, 6.07) is 12.5. The Morgan fingerprint density at radius 2 is 1.96 bits per heavy atom. The normalized spacial score (nSPS) is 10.7. The number of nitrogens with zero attached hydrogens (tertiary/aromatic N) is 4. The zero-order valence-electron chi connectivity index (χ0n) is 14.5. The lowest BCUT2D eigenvalue weighted by Gasteiger charge is -2.06. The van der Waals surface area contributed by atoms with Gasteiger partial charge in [0.05, 0.1) is 5.56 Å². The first-order valence-corrected chi connectivity index (χ1v) is 8.27. The maximum Gasteiger partial charge on any atom is 0.260 e. The Kier molecular flexibility index (Phi) is 4.57. The molecule has 4 aromatic rings. The average molecular weight is 362 g/mol. The molecule has 0 atom stereocenters. The van der Waals surface area contributed by atoms with Crippen LogP contribution in [0.2, 0.25) is 0 Å². The Morgan fingerprint density at radius 1 is 1.11 bits per heavy atom. The highest BCUT2D eigenvalue weighted by Crippen LogP contribution is 2.25. The summed E-state index contributed by atoms with van der Waals surface area (Å²) < 4.78 is 24.2. The standard InChI is InChI=1S/C20H15FN4O2/c1-13-9-18(21)23-11-17(13)20-24-19(25-27-20)15-4-6-16(7-5-15)26-12-14-3-2-8-22-10-14/h2-11H,12H2,1H3. The number of rotatable bonds is 5. The van der Waals surface area contributed by atoms with Crippen LogP contribution in [0.15, 0.2) is 65.6 Å². The van der Waals surface area contributed by atoms with Crippen LogP contribution in [0.1, 0.15) is 11.1 Å². The topological polar surface area (TPSA) is 73.9 Å². The molecule has 6 nitrogen and oxygen atoms in total. The van der Waals surface area contributed by atoms with Crippen molar-refractivity contribution in [2.24, 2.45) is 0 Å². The predicted molar refractivity (Wildman–Crippen MR) is 96.2 cm³/mol. The van der Waals surface area contributed by atoms with E-state index in [1.54, 1.807) is 19.3 Å². The third-order valence-electron chi connectivity index (χ3n) is 3.97. The van der Waals surface area contributed by atoms with Gasteiger partial charge < -0.3 is 9.26 Å². The van der Waals surface area contributed by atoms with Gasteiger partial charge in [0.15, 0.2) is 0 Å². The summed E-state index contributed by atoms with van der Waals surface area (Å²) >= 11 is 0. The molecular formula is C20H15FN4O2. The minimum atomic E-state index is -0.544. The Morgan fingerprint density at radius 3 is 2.70 bits per heavy atom. The van der Waals surface area contributed by atoms with E-state index in [2.05, 4.69) is 20.1 Å². The number of pyridine rings is 2. The molecule has 0 aliphatic heterocycles. The third-order valence-corrected chi connectivity index (χ3v) is 3.97. The van der Waals surface area contributed by atoms with Crippen molar-refractivity contribution in [1.82, 2.24) is 20.1 Å². The fourth-order valence-electron chi connectivity index (χ4n) is 2.55. The van der Waals surface area contributed by atoms with E-state index in [0.717, 1.165) is 16.9 Å². The van der Waals surface area contributed by atoms with E-state index in [-0.39, 0.29) is 0 Å². The number of halogens is 1. The fourth-order valence-corrected chi connectivity index (χ4v) is 2.55.